The van der Waals surface area contributed by atoms with Gasteiger partial charge in [0.05, 0.1) is 51.6 Å². The molecule has 0 aromatic rings. The molecule has 0 bridgehead atoms. The van der Waals surface area contributed by atoms with E-state index < -0.39 is 61.8 Å². The first-order valence-electron chi connectivity index (χ1n) is 8.18. The molecule has 0 spiro atoms. The highest BCUT2D eigenvalue weighted by Gasteiger charge is 2.39. The minimum Gasteiger partial charge on any atom is -0.469 e. The van der Waals surface area contributed by atoms with Crippen molar-refractivity contribution in [3.05, 3.63) is 0 Å². The molecular weight excluding hydrogens is 352 g/mol. The summed E-state index contributed by atoms with van der Waals surface area (Å²) in [5, 5.41) is 17.5. The van der Waals surface area contributed by atoms with Gasteiger partial charge in [-0.05, 0) is 6.42 Å². The Hall–Kier alpha value is -2.20. The van der Waals surface area contributed by atoms with Crippen LogP contribution in [0.1, 0.15) is 26.2 Å². The van der Waals surface area contributed by atoms with Crippen LogP contribution in [-0.2, 0) is 38.1 Å². The van der Waals surface area contributed by atoms with Gasteiger partial charge in [-0.15, -0.1) is 0 Å². The van der Waals surface area contributed by atoms with Gasteiger partial charge in [-0.2, -0.15) is 0 Å². The van der Waals surface area contributed by atoms with E-state index in [-0.39, 0.29) is 19.8 Å². The van der Waals surface area contributed by atoms with Crippen LogP contribution in [0.3, 0.4) is 0 Å². The topological polar surface area (TPSA) is 146 Å². The van der Waals surface area contributed by atoms with Gasteiger partial charge < -0.3 is 29.2 Å². The lowest BCUT2D eigenvalue weighted by Crippen LogP contribution is -2.37. The third-order valence-electron chi connectivity index (χ3n) is 3.23. The summed E-state index contributed by atoms with van der Waals surface area (Å²) < 4.78 is 19.0. The summed E-state index contributed by atoms with van der Waals surface area (Å²) in [5.74, 6) is -6.19. The van der Waals surface area contributed by atoms with Crippen LogP contribution >= 0.6 is 0 Å². The largest absolute Gasteiger partial charge is 0.469 e. The van der Waals surface area contributed by atoms with Gasteiger partial charge in [0.1, 0.15) is 13.2 Å². The molecule has 10 nitrogen and oxygen atoms in total. The number of methoxy groups -OCH3 is 1. The Kier molecular flexibility index (Phi) is 12.8. The molecule has 2 N–H and O–H groups in total. The van der Waals surface area contributed by atoms with Crippen molar-refractivity contribution in [1.29, 1.82) is 0 Å². The van der Waals surface area contributed by atoms with Crippen molar-refractivity contribution in [2.45, 2.75) is 26.2 Å². The van der Waals surface area contributed by atoms with Crippen LogP contribution in [0.25, 0.3) is 0 Å². The number of esters is 4. The van der Waals surface area contributed by atoms with E-state index in [1.54, 1.807) is 6.92 Å². The van der Waals surface area contributed by atoms with Gasteiger partial charge >= 0.3 is 23.9 Å². The second-order valence-corrected chi connectivity index (χ2v) is 5.20. The molecule has 0 aromatic heterocycles. The van der Waals surface area contributed by atoms with Gasteiger partial charge in [-0.3, -0.25) is 19.2 Å². The average Bonchev–Trinajstić information content (AvgIpc) is 2.64. The van der Waals surface area contributed by atoms with E-state index in [9.17, 15) is 19.2 Å². The van der Waals surface area contributed by atoms with Crippen LogP contribution in [0.15, 0.2) is 0 Å². The SMILES string of the molecule is CCCOC(=O)CC(C(=O)OCCO)C(CC(=O)OC)C(=O)OCCO. The molecule has 150 valence electrons. The lowest BCUT2D eigenvalue weighted by atomic mass is 9.86. The second-order valence-electron chi connectivity index (χ2n) is 5.20. The van der Waals surface area contributed by atoms with Crippen molar-refractivity contribution in [3.8, 4) is 0 Å². The van der Waals surface area contributed by atoms with Crippen molar-refractivity contribution in [1.82, 2.24) is 0 Å². The quantitative estimate of drug-likeness (QED) is 0.308. The Balaban J connectivity index is 5.42. The van der Waals surface area contributed by atoms with Crippen LogP contribution in [0.5, 0.6) is 0 Å². The first-order chi connectivity index (χ1) is 12.4. The Labute approximate surface area is 151 Å². The Morgan fingerprint density at radius 3 is 1.62 bits per heavy atom. The van der Waals surface area contributed by atoms with E-state index in [0.717, 1.165) is 7.11 Å². The normalized spacial score (nSPS) is 12.6. The molecule has 0 saturated heterocycles. The maximum absolute atomic E-state index is 12.3. The zero-order valence-electron chi connectivity index (χ0n) is 15.0. The van der Waals surface area contributed by atoms with Crippen molar-refractivity contribution in [2.24, 2.45) is 11.8 Å². The smallest absolute Gasteiger partial charge is 0.310 e. The Bertz CT molecular complexity index is 462. The number of carbonyl (C=O) groups is 4. The highest BCUT2D eigenvalue weighted by Crippen LogP contribution is 2.24. The van der Waals surface area contributed by atoms with Crippen molar-refractivity contribution in [2.75, 3.05) is 40.1 Å². The number of carbonyl (C=O) groups excluding carboxylic acids is 4. The molecule has 0 radical (unpaired) electrons. The van der Waals surface area contributed by atoms with Gasteiger partial charge in [0.25, 0.3) is 0 Å². The summed E-state index contributed by atoms with van der Waals surface area (Å²) in [4.78, 5) is 48.0. The summed E-state index contributed by atoms with van der Waals surface area (Å²) in [6.45, 7) is 0.343. The van der Waals surface area contributed by atoms with E-state index >= 15 is 0 Å². The standard InChI is InChI=1S/C16H26O10/c1-3-6-24-14(20)10-12(16(22)26-8-5-18)11(9-13(19)23-2)15(21)25-7-4-17/h11-12,17-18H,3-10H2,1-2H3. The number of rotatable bonds is 13. The second kappa shape index (κ2) is 14.0. The summed E-state index contributed by atoms with van der Waals surface area (Å²) in [5.41, 5.74) is 0. The van der Waals surface area contributed by atoms with E-state index in [1.165, 1.54) is 0 Å². The number of aliphatic hydroxyl groups is 2. The maximum atomic E-state index is 12.3. The van der Waals surface area contributed by atoms with E-state index in [4.69, 9.17) is 24.4 Å². The summed E-state index contributed by atoms with van der Waals surface area (Å²) in [7, 11) is 1.10. The van der Waals surface area contributed by atoms with E-state index in [0.29, 0.717) is 6.42 Å². The monoisotopic (exact) mass is 378 g/mol. The van der Waals surface area contributed by atoms with Crippen LogP contribution in [0.4, 0.5) is 0 Å². The Morgan fingerprint density at radius 1 is 0.769 bits per heavy atom. The molecule has 0 aromatic carbocycles. The molecule has 0 saturated carbocycles. The zero-order valence-corrected chi connectivity index (χ0v) is 15.0. The maximum Gasteiger partial charge on any atom is 0.310 e. The predicted molar refractivity (Wildman–Crippen MR) is 85.6 cm³/mol. The molecule has 2 unspecified atom stereocenters. The molecule has 0 aliphatic heterocycles. The predicted octanol–water partition coefficient (Wildman–Crippen LogP) is -0.804. The van der Waals surface area contributed by atoms with E-state index in [1.807, 2.05) is 0 Å². The molecule has 26 heavy (non-hydrogen) atoms. The number of ether oxygens (including phenoxy) is 4. The number of hydrogen-bond acceptors (Lipinski definition) is 10. The fraction of sp³-hybridized carbons (Fsp3) is 0.750. The van der Waals surface area contributed by atoms with Gasteiger partial charge in [-0.25, -0.2) is 0 Å². The third-order valence-corrected chi connectivity index (χ3v) is 3.23. The molecule has 0 aliphatic rings. The van der Waals surface area contributed by atoms with Gasteiger partial charge in [-0.1, -0.05) is 6.92 Å². The minimum atomic E-state index is -1.37. The van der Waals surface area contributed by atoms with E-state index in [2.05, 4.69) is 4.74 Å². The fourth-order valence-corrected chi connectivity index (χ4v) is 2.00. The van der Waals surface area contributed by atoms with Crippen LogP contribution in [0, 0.1) is 11.8 Å². The molecule has 0 rings (SSSR count). The molecule has 2 atom stereocenters. The van der Waals surface area contributed by atoms with Crippen LogP contribution in [0.2, 0.25) is 0 Å². The summed E-state index contributed by atoms with van der Waals surface area (Å²) in [6.07, 6.45) is -0.476. The van der Waals surface area contributed by atoms with Gasteiger partial charge in [0, 0.05) is 0 Å². The zero-order chi connectivity index (χ0) is 19.9. The van der Waals surface area contributed by atoms with Gasteiger partial charge in [0.15, 0.2) is 0 Å². The first-order valence-corrected chi connectivity index (χ1v) is 8.18. The molecular formula is C16H26O10. The molecule has 0 heterocycles. The van der Waals surface area contributed by atoms with Gasteiger partial charge in [0.2, 0.25) is 0 Å². The highest BCUT2D eigenvalue weighted by molar-refractivity contribution is 5.88. The number of aliphatic hydroxyl groups excluding tert-OH is 2. The molecule has 0 aliphatic carbocycles. The Morgan fingerprint density at radius 2 is 1.23 bits per heavy atom. The van der Waals surface area contributed by atoms with Crippen LogP contribution < -0.4 is 0 Å². The molecule has 10 heteroatoms. The third kappa shape index (κ3) is 9.33. The summed E-state index contributed by atoms with van der Waals surface area (Å²) in [6, 6.07) is 0. The van der Waals surface area contributed by atoms with Crippen molar-refractivity contribution in [3.63, 3.8) is 0 Å². The highest BCUT2D eigenvalue weighted by atomic mass is 16.6. The summed E-state index contributed by atoms with van der Waals surface area (Å²) >= 11 is 0. The molecule has 0 fully saturated rings. The van der Waals surface area contributed by atoms with Crippen molar-refractivity contribution < 1.29 is 48.3 Å². The van der Waals surface area contributed by atoms with Crippen LogP contribution in [-0.4, -0.2) is 74.2 Å². The minimum absolute atomic E-state index is 0.133. The lowest BCUT2D eigenvalue weighted by Gasteiger charge is -2.23. The average molecular weight is 378 g/mol. The lowest BCUT2D eigenvalue weighted by molar-refractivity contribution is -0.167. The molecule has 0 amide bonds. The van der Waals surface area contributed by atoms with Crippen molar-refractivity contribution >= 4 is 23.9 Å². The number of hydrogen-bond donors (Lipinski definition) is 2. The first kappa shape index (κ1) is 23.8. The fourth-order valence-electron chi connectivity index (χ4n) is 2.00.